The van der Waals surface area contributed by atoms with Crippen LogP contribution in [0.25, 0.3) is 11.1 Å². The molecule has 1 aliphatic heterocycles. The Morgan fingerprint density at radius 2 is 1.50 bits per heavy atom. The molecule has 174 valence electrons. The summed E-state index contributed by atoms with van der Waals surface area (Å²) in [4.78, 5) is 0. The molecule has 0 aromatic heterocycles. The molecule has 2 fully saturated rings. The van der Waals surface area contributed by atoms with Gasteiger partial charge in [-0.2, -0.15) is 0 Å². The monoisotopic (exact) mass is 438 g/mol. The molecule has 0 unspecified atom stereocenters. The van der Waals surface area contributed by atoms with Gasteiger partial charge in [-0.15, -0.1) is 0 Å². The van der Waals surface area contributed by atoms with Gasteiger partial charge in [-0.25, -0.2) is 4.39 Å². The van der Waals surface area contributed by atoms with E-state index in [4.69, 9.17) is 9.47 Å². The van der Waals surface area contributed by atoms with E-state index >= 15 is 4.39 Å². The van der Waals surface area contributed by atoms with E-state index in [1.807, 2.05) is 30.3 Å². The van der Waals surface area contributed by atoms with Crippen LogP contribution in [0.1, 0.15) is 95.0 Å². The fraction of sp³-hybridized carbons (Fsp3) is 0.586. The summed E-state index contributed by atoms with van der Waals surface area (Å²) in [5.41, 5.74) is 3.74. The molecule has 32 heavy (non-hydrogen) atoms. The Morgan fingerprint density at radius 1 is 0.812 bits per heavy atom. The van der Waals surface area contributed by atoms with E-state index in [1.54, 1.807) is 6.07 Å². The highest BCUT2D eigenvalue weighted by Crippen LogP contribution is 2.38. The van der Waals surface area contributed by atoms with Crippen LogP contribution in [0.5, 0.6) is 0 Å². The van der Waals surface area contributed by atoms with Crippen molar-refractivity contribution in [1.82, 2.24) is 0 Å². The second-order valence-electron chi connectivity index (χ2n) is 9.85. The van der Waals surface area contributed by atoms with E-state index in [9.17, 15) is 0 Å². The Balaban J connectivity index is 1.35. The molecule has 1 saturated carbocycles. The van der Waals surface area contributed by atoms with Gasteiger partial charge in [0, 0.05) is 17.0 Å². The molecule has 2 aromatic carbocycles. The van der Waals surface area contributed by atoms with E-state index in [1.165, 1.54) is 57.8 Å². The highest BCUT2D eigenvalue weighted by Gasteiger charge is 2.24. The number of ether oxygens (including phenoxy) is 2. The van der Waals surface area contributed by atoms with Crippen LogP contribution in [0.3, 0.4) is 0 Å². The third-order valence-electron chi connectivity index (χ3n) is 7.57. The van der Waals surface area contributed by atoms with E-state index in [0.29, 0.717) is 17.4 Å². The highest BCUT2D eigenvalue weighted by atomic mass is 19.1. The summed E-state index contributed by atoms with van der Waals surface area (Å²) in [6.07, 6.45) is 10.8. The van der Waals surface area contributed by atoms with Crippen molar-refractivity contribution < 1.29 is 13.9 Å². The molecule has 0 amide bonds. The molecule has 2 aromatic rings. The number of hydrogen-bond acceptors (Lipinski definition) is 2. The third kappa shape index (κ3) is 5.80. The van der Waals surface area contributed by atoms with E-state index < -0.39 is 0 Å². The summed E-state index contributed by atoms with van der Waals surface area (Å²) in [5.74, 6) is 1.75. The molecular weight excluding hydrogens is 399 g/mol. The molecule has 2 nitrogen and oxygen atoms in total. The van der Waals surface area contributed by atoms with Crippen molar-refractivity contribution in [2.45, 2.75) is 83.8 Å². The van der Waals surface area contributed by atoms with Crippen LogP contribution < -0.4 is 0 Å². The Bertz CT molecular complexity index is 831. The van der Waals surface area contributed by atoms with Gasteiger partial charge in [-0.3, -0.25) is 0 Å². The van der Waals surface area contributed by atoms with Crippen molar-refractivity contribution in [1.29, 1.82) is 0 Å². The lowest BCUT2D eigenvalue weighted by Crippen LogP contribution is -2.27. The van der Waals surface area contributed by atoms with Gasteiger partial charge < -0.3 is 9.47 Å². The van der Waals surface area contributed by atoms with Crippen molar-refractivity contribution in [2.24, 2.45) is 11.8 Å². The predicted molar refractivity (Wildman–Crippen MR) is 129 cm³/mol. The lowest BCUT2D eigenvalue weighted by molar-refractivity contribution is -0.206. The van der Waals surface area contributed by atoms with Crippen LogP contribution in [-0.2, 0) is 9.47 Å². The normalized spacial score (nSPS) is 26.2. The molecule has 4 rings (SSSR count). The largest absolute Gasteiger partial charge is 0.348 e. The van der Waals surface area contributed by atoms with Crippen molar-refractivity contribution in [3.63, 3.8) is 0 Å². The predicted octanol–water partition coefficient (Wildman–Crippen LogP) is 8.42. The van der Waals surface area contributed by atoms with Gasteiger partial charge in [0.25, 0.3) is 0 Å². The quantitative estimate of drug-likeness (QED) is 0.385. The summed E-state index contributed by atoms with van der Waals surface area (Å²) in [5, 5.41) is 0. The first-order valence-electron chi connectivity index (χ1n) is 12.8. The maximum Gasteiger partial charge on any atom is 0.183 e. The standard InChI is InChI=1S/C29H39FO2/c1-3-5-6-7-22-19-31-29(32-20-22)25-14-12-24(13-15-25)27-17-16-26(18-28(27)30)23-10-8-21(4-2)9-11-23/h12-18,21-23,29H,3-11,19-20H2,1-2H3/t21?,22-,23?,29-. The van der Waals surface area contributed by atoms with Gasteiger partial charge in [0.2, 0.25) is 0 Å². The molecule has 1 aliphatic carbocycles. The Hall–Kier alpha value is -1.71. The minimum Gasteiger partial charge on any atom is -0.348 e. The van der Waals surface area contributed by atoms with Crippen LogP contribution in [0.15, 0.2) is 42.5 Å². The average molecular weight is 439 g/mol. The summed E-state index contributed by atoms with van der Waals surface area (Å²) in [6.45, 7) is 6.02. The van der Waals surface area contributed by atoms with E-state index in [2.05, 4.69) is 19.9 Å². The molecule has 0 bridgehead atoms. The number of halogens is 1. The van der Waals surface area contributed by atoms with Crippen LogP contribution in [0, 0.1) is 17.7 Å². The minimum atomic E-state index is -0.308. The van der Waals surface area contributed by atoms with Gasteiger partial charge in [0.1, 0.15) is 5.82 Å². The summed E-state index contributed by atoms with van der Waals surface area (Å²) in [7, 11) is 0. The van der Waals surface area contributed by atoms with Gasteiger partial charge in [-0.05, 0) is 61.1 Å². The van der Waals surface area contributed by atoms with Crippen LogP contribution in [0.4, 0.5) is 4.39 Å². The number of rotatable bonds is 8. The maximum atomic E-state index is 15.0. The molecular formula is C29H39FO2. The van der Waals surface area contributed by atoms with Crippen LogP contribution in [-0.4, -0.2) is 13.2 Å². The minimum absolute atomic E-state index is 0.118. The average Bonchev–Trinajstić information content (AvgIpc) is 2.85. The van der Waals surface area contributed by atoms with Gasteiger partial charge >= 0.3 is 0 Å². The zero-order valence-corrected chi connectivity index (χ0v) is 19.8. The highest BCUT2D eigenvalue weighted by molar-refractivity contribution is 5.65. The van der Waals surface area contributed by atoms with Gasteiger partial charge in [0.05, 0.1) is 13.2 Å². The second-order valence-corrected chi connectivity index (χ2v) is 9.85. The van der Waals surface area contributed by atoms with Crippen LogP contribution in [0.2, 0.25) is 0 Å². The van der Waals surface area contributed by atoms with E-state index in [-0.39, 0.29) is 12.1 Å². The van der Waals surface area contributed by atoms with E-state index in [0.717, 1.165) is 35.8 Å². The van der Waals surface area contributed by atoms with Crippen molar-refractivity contribution in [3.05, 3.63) is 59.4 Å². The lowest BCUT2D eigenvalue weighted by atomic mass is 9.77. The molecule has 0 atom stereocenters. The maximum absolute atomic E-state index is 15.0. The number of hydrogen-bond donors (Lipinski definition) is 0. The molecule has 0 radical (unpaired) electrons. The Morgan fingerprint density at radius 3 is 2.12 bits per heavy atom. The Kier molecular flexibility index (Phi) is 8.37. The number of unbranched alkanes of at least 4 members (excludes halogenated alkanes) is 2. The summed E-state index contributed by atoms with van der Waals surface area (Å²) < 4.78 is 27.0. The summed E-state index contributed by atoms with van der Waals surface area (Å²) in [6, 6.07) is 13.9. The SMILES string of the molecule is CCCCC[C@H]1CO[C@H](c2ccc(-c3ccc(C4CCC(CC)CC4)cc3F)cc2)OC1. The molecule has 0 spiro atoms. The zero-order chi connectivity index (χ0) is 22.3. The fourth-order valence-corrected chi connectivity index (χ4v) is 5.33. The Labute approximate surface area is 193 Å². The molecule has 1 heterocycles. The lowest BCUT2D eigenvalue weighted by Gasteiger charge is -2.29. The zero-order valence-electron chi connectivity index (χ0n) is 19.8. The third-order valence-corrected chi connectivity index (χ3v) is 7.57. The topological polar surface area (TPSA) is 18.5 Å². The van der Waals surface area contributed by atoms with Gasteiger partial charge in [-0.1, -0.05) is 75.9 Å². The van der Waals surface area contributed by atoms with Crippen LogP contribution >= 0.6 is 0 Å². The molecule has 1 saturated heterocycles. The molecule has 2 aliphatic rings. The number of benzene rings is 2. The van der Waals surface area contributed by atoms with Crippen molar-refractivity contribution in [3.8, 4) is 11.1 Å². The second kappa shape index (κ2) is 11.4. The smallest absolute Gasteiger partial charge is 0.183 e. The first kappa shape index (κ1) is 23.4. The molecule has 0 N–H and O–H groups in total. The molecule has 3 heteroatoms. The summed E-state index contributed by atoms with van der Waals surface area (Å²) >= 11 is 0. The first-order chi connectivity index (χ1) is 15.7. The van der Waals surface area contributed by atoms with Crippen molar-refractivity contribution >= 4 is 0 Å². The first-order valence-corrected chi connectivity index (χ1v) is 12.8. The fourth-order valence-electron chi connectivity index (χ4n) is 5.33. The van der Waals surface area contributed by atoms with Crippen molar-refractivity contribution in [2.75, 3.05) is 13.2 Å². The van der Waals surface area contributed by atoms with Gasteiger partial charge in [0.15, 0.2) is 6.29 Å².